The lowest BCUT2D eigenvalue weighted by Gasteiger charge is -2.11. The van der Waals surface area contributed by atoms with Crippen LogP contribution in [0.5, 0.6) is 0 Å². The molecule has 0 N–H and O–H groups in total. The van der Waals surface area contributed by atoms with Gasteiger partial charge in [-0.2, -0.15) is 39.5 Å². The van der Waals surface area contributed by atoms with Crippen molar-refractivity contribution < 1.29 is 65.9 Å². The van der Waals surface area contributed by atoms with E-state index in [-0.39, 0.29) is 0 Å². The maximum atomic E-state index is 11.5. The van der Waals surface area contributed by atoms with Gasteiger partial charge in [0.2, 0.25) is 18.5 Å². The van der Waals surface area contributed by atoms with Crippen molar-refractivity contribution in [3.05, 3.63) is 0 Å². The smallest absolute Gasteiger partial charge is 0.244 e. The number of halogens is 15. The lowest BCUT2D eigenvalue weighted by Crippen LogP contribution is -2.31. The summed E-state index contributed by atoms with van der Waals surface area (Å²) in [5, 5.41) is 0. The topological polar surface area (TPSA) is 0 Å². The third kappa shape index (κ3) is 15.7. The third-order valence-electron chi connectivity index (χ3n) is 2.15. The lowest BCUT2D eigenvalue weighted by atomic mass is 10.3. The van der Waals surface area contributed by atoms with Crippen LogP contribution >= 0.6 is 0 Å². The van der Waals surface area contributed by atoms with E-state index in [0.717, 1.165) is 0 Å². The molecule has 0 fully saturated rings. The summed E-state index contributed by atoms with van der Waals surface area (Å²) in [5.74, 6) is 0. The minimum Gasteiger partial charge on any atom is -0.244 e. The lowest BCUT2D eigenvalue weighted by molar-refractivity contribution is -0.194. The molecule has 0 aliphatic carbocycles. The van der Waals surface area contributed by atoms with Gasteiger partial charge in [-0.15, -0.1) is 0 Å². The van der Waals surface area contributed by atoms with E-state index in [2.05, 4.69) is 0 Å². The normalized spacial score (nSPS) is 19.3. The van der Waals surface area contributed by atoms with Gasteiger partial charge in [0, 0.05) is 0 Å². The molecule has 0 unspecified atom stereocenters. The fourth-order valence-corrected chi connectivity index (χ4v) is 0.781. The molecule has 6 atom stereocenters. The highest BCUT2D eigenvalue weighted by atomic mass is 19.4. The molecule has 0 aliphatic rings. The van der Waals surface area contributed by atoms with Gasteiger partial charge in [-0.3, -0.25) is 0 Å². The average molecular weight is 444 g/mol. The first-order valence-electron chi connectivity index (χ1n) is 6.61. The molecule has 0 aliphatic heterocycles. The van der Waals surface area contributed by atoms with Crippen LogP contribution in [0.1, 0.15) is 20.8 Å². The average Bonchev–Trinajstić information content (AvgIpc) is 2.42. The molecule has 0 rings (SSSR count). The Labute approximate surface area is 143 Å². The SMILES string of the molecule is C[C@@H](F)[C@H](F)C(F)(F)F.C[C@H](F)[C@@H](F)C(F)(F)F.C[C@H](F)[C@H](F)C(F)(F)F. The monoisotopic (exact) mass is 444 g/mol. The fraction of sp³-hybridized carbons (Fsp3) is 1.00. The highest BCUT2D eigenvalue weighted by Crippen LogP contribution is 2.27. The third-order valence-corrected chi connectivity index (χ3v) is 2.15. The van der Waals surface area contributed by atoms with Crippen molar-refractivity contribution in [2.24, 2.45) is 0 Å². The minimum absolute atomic E-state index is 0.526. The van der Waals surface area contributed by atoms with Crippen LogP contribution in [-0.2, 0) is 0 Å². The van der Waals surface area contributed by atoms with Gasteiger partial charge < -0.3 is 0 Å². The van der Waals surface area contributed by atoms with Crippen LogP contribution < -0.4 is 0 Å². The van der Waals surface area contributed by atoms with Crippen LogP contribution in [0, 0.1) is 0 Å². The van der Waals surface area contributed by atoms with Gasteiger partial charge in [-0.05, 0) is 20.8 Å². The number of rotatable bonds is 3. The Morgan fingerprint density at radius 2 is 0.481 bits per heavy atom. The van der Waals surface area contributed by atoms with E-state index >= 15 is 0 Å². The highest BCUT2D eigenvalue weighted by molar-refractivity contribution is 4.72. The van der Waals surface area contributed by atoms with Crippen LogP contribution in [-0.4, -0.2) is 55.6 Å². The summed E-state index contributed by atoms with van der Waals surface area (Å²) in [5.41, 5.74) is 0. The molecule has 0 radical (unpaired) electrons. The Balaban J connectivity index is -0.000000320. The summed E-state index contributed by atoms with van der Waals surface area (Å²) in [6.07, 6.45) is -32.7. The van der Waals surface area contributed by atoms with E-state index in [4.69, 9.17) is 0 Å². The van der Waals surface area contributed by atoms with Gasteiger partial charge >= 0.3 is 18.5 Å². The Kier molecular flexibility index (Phi) is 13.3. The van der Waals surface area contributed by atoms with Crippen molar-refractivity contribution in [3.8, 4) is 0 Å². The van der Waals surface area contributed by atoms with Crippen LogP contribution in [0.4, 0.5) is 65.9 Å². The van der Waals surface area contributed by atoms with E-state index in [9.17, 15) is 65.9 Å². The summed E-state index contributed by atoms with van der Waals surface area (Å²) < 4.78 is 169. The van der Waals surface area contributed by atoms with E-state index in [1.54, 1.807) is 0 Å². The molecule has 0 saturated carbocycles. The van der Waals surface area contributed by atoms with Crippen molar-refractivity contribution >= 4 is 0 Å². The molecular formula is C12H15F15. The quantitative estimate of drug-likeness (QED) is 0.424. The standard InChI is InChI=1S/3C4H5F5/c3*1-2(5)3(6)4(7,8)9/h3*2-3H,1H3/t2*2-,3+;2-,3-/m100/s1. The van der Waals surface area contributed by atoms with E-state index in [1.165, 1.54) is 0 Å². The van der Waals surface area contributed by atoms with Gasteiger partial charge in [0.1, 0.15) is 18.5 Å². The molecule has 0 spiro atoms. The summed E-state index contributed by atoms with van der Waals surface area (Å²) in [6.45, 7) is 1.58. The second-order valence-corrected chi connectivity index (χ2v) is 4.86. The highest BCUT2D eigenvalue weighted by Gasteiger charge is 2.45. The maximum Gasteiger partial charge on any atom is 0.422 e. The van der Waals surface area contributed by atoms with Crippen LogP contribution in [0.15, 0.2) is 0 Å². The Hall–Kier alpha value is -1.05. The first kappa shape index (κ1) is 30.7. The maximum absolute atomic E-state index is 11.5. The van der Waals surface area contributed by atoms with Crippen LogP contribution in [0.3, 0.4) is 0 Å². The molecule has 0 bridgehead atoms. The zero-order chi connectivity index (χ0) is 23.0. The van der Waals surface area contributed by atoms with Gasteiger partial charge in [0.15, 0.2) is 0 Å². The largest absolute Gasteiger partial charge is 0.422 e. The fourth-order valence-electron chi connectivity index (χ4n) is 0.781. The van der Waals surface area contributed by atoms with Gasteiger partial charge in [-0.25, -0.2) is 26.3 Å². The number of hydrogen-bond acceptors (Lipinski definition) is 0. The molecule has 0 amide bonds. The number of alkyl halides is 15. The van der Waals surface area contributed by atoms with Gasteiger partial charge in [-0.1, -0.05) is 0 Å². The summed E-state index contributed by atoms with van der Waals surface area (Å²) in [4.78, 5) is 0. The predicted molar refractivity (Wildman–Crippen MR) is 64.6 cm³/mol. The van der Waals surface area contributed by atoms with Gasteiger partial charge in [0.05, 0.1) is 0 Å². The Morgan fingerprint density at radius 3 is 0.481 bits per heavy atom. The number of hydrogen-bond donors (Lipinski definition) is 0. The summed E-state index contributed by atoms with van der Waals surface area (Å²) >= 11 is 0. The molecule has 0 aromatic carbocycles. The van der Waals surface area contributed by atoms with Crippen molar-refractivity contribution in [1.82, 2.24) is 0 Å². The van der Waals surface area contributed by atoms with E-state index in [0.29, 0.717) is 20.8 Å². The zero-order valence-electron chi connectivity index (χ0n) is 13.6. The molecule has 0 nitrogen and oxygen atoms in total. The Bertz CT molecular complexity index is 307. The molecule has 0 saturated heterocycles. The molecule has 27 heavy (non-hydrogen) atoms. The van der Waals surface area contributed by atoms with Crippen molar-refractivity contribution in [2.45, 2.75) is 76.3 Å². The molecule has 0 aromatic rings. The summed E-state index contributed by atoms with van der Waals surface area (Å²) in [7, 11) is 0. The first-order chi connectivity index (χ1) is 11.6. The minimum atomic E-state index is -5.06. The predicted octanol–water partition coefficient (Wildman–Crippen LogP) is 6.73. The molecular weight excluding hydrogens is 429 g/mol. The van der Waals surface area contributed by atoms with Crippen molar-refractivity contribution in [1.29, 1.82) is 0 Å². The van der Waals surface area contributed by atoms with E-state index in [1.807, 2.05) is 0 Å². The molecule has 168 valence electrons. The van der Waals surface area contributed by atoms with Crippen LogP contribution in [0.25, 0.3) is 0 Å². The second kappa shape index (κ2) is 11.7. The molecule has 0 aromatic heterocycles. The van der Waals surface area contributed by atoms with E-state index < -0.39 is 55.6 Å². The molecule has 15 heteroatoms. The first-order valence-corrected chi connectivity index (χ1v) is 6.61. The van der Waals surface area contributed by atoms with Gasteiger partial charge in [0.25, 0.3) is 0 Å². The zero-order valence-corrected chi connectivity index (χ0v) is 13.6. The Morgan fingerprint density at radius 1 is 0.370 bits per heavy atom. The van der Waals surface area contributed by atoms with Crippen molar-refractivity contribution in [2.75, 3.05) is 0 Å². The van der Waals surface area contributed by atoms with Crippen LogP contribution in [0.2, 0.25) is 0 Å². The summed E-state index contributed by atoms with van der Waals surface area (Å²) in [6, 6.07) is 0. The molecule has 0 heterocycles. The second-order valence-electron chi connectivity index (χ2n) is 4.86. The van der Waals surface area contributed by atoms with Crippen molar-refractivity contribution in [3.63, 3.8) is 0 Å².